The fraction of sp³-hybridized carbons (Fsp3) is 0.429. The second-order valence-corrected chi connectivity index (χ2v) is 5.13. The van der Waals surface area contributed by atoms with E-state index in [1.807, 2.05) is 24.3 Å². The van der Waals surface area contributed by atoms with Crippen LogP contribution in [0.2, 0.25) is 0 Å². The number of carbonyl (C=O) groups excluding carboxylic acids is 1. The van der Waals surface area contributed by atoms with Gasteiger partial charge in [-0.25, -0.2) is 0 Å². The molecule has 4 nitrogen and oxygen atoms in total. The Kier molecular flexibility index (Phi) is 3.24. The Morgan fingerprint density at radius 3 is 2.94 bits per heavy atom. The molecular formula is C14H16N2O2. The molecule has 1 aliphatic heterocycles. The molecule has 0 radical (unpaired) electrons. The van der Waals surface area contributed by atoms with E-state index in [9.17, 15) is 4.79 Å². The number of nitrogens with one attached hydrogen (secondary N) is 1. The molecule has 1 N–H and O–H groups in total. The van der Waals surface area contributed by atoms with E-state index in [0.717, 1.165) is 11.3 Å². The SMILES string of the molecule is CC(C)(C#N)CNC(=O)C1Cc2ccccc2O1. The summed E-state index contributed by atoms with van der Waals surface area (Å²) in [6.07, 6.45) is 0.117. The van der Waals surface area contributed by atoms with Crippen molar-refractivity contribution in [2.24, 2.45) is 5.41 Å². The Bertz CT molecular complexity index is 478. The van der Waals surface area contributed by atoms with Crippen molar-refractivity contribution < 1.29 is 9.53 Å². The van der Waals surface area contributed by atoms with Gasteiger partial charge < -0.3 is 10.1 Å². The molecule has 1 aromatic carbocycles. The van der Waals surface area contributed by atoms with E-state index in [1.54, 1.807) is 13.8 Å². The van der Waals surface area contributed by atoms with Crippen molar-refractivity contribution in [2.75, 3.05) is 6.54 Å². The molecule has 2 rings (SSSR count). The van der Waals surface area contributed by atoms with Gasteiger partial charge >= 0.3 is 0 Å². The van der Waals surface area contributed by atoms with Crippen LogP contribution < -0.4 is 10.1 Å². The lowest BCUT2D eigenvalue weighted by Crippen LogP contribution is -2.41. The smallest absolute Gasteiger partial charge is 0.261 e. The number of nitrogens with zero attached hydrogens (tertiary/aromatic N) is 1. The van der Waals surface area contributed by atoms with Crippen molar-refractivity contribution in [3.05, 3.63) is 29.8 Å². The van der Waals surface area contributed by atoms with Crippen LogP contribution in [0.4, 0.5) is 0 Å². The summed E-state index contributed by atoms with van der Waals surface area (Å²) in [6, 6.07) is 9.79. The van der Waals surface area contributed by atoms with Gasteiger partial charge in [-0.1, -0.05) is 18.2 Å². The molecule has 1 aromatic rings. The Balaban J connectivity index is 1.92. The van der Waals surface area contributed by atoms with E-state index in [4.69, 9.17) is 10.00 Å². The number of ether oxygens (including phenoxy) is 1. The molecule has 1 unspecified atom stereocenters. The van der Waals surface area contributed by atoms with Gasteiger partial charge in [0.25, 0.3) is 5.91 Å². The Hall–Kier alpha value is -2.02. The predicted molar refractivity (Wildman–Crippen MR) is 67.0 cm³/mol. The molecule has 0 saturated heterocycles. The number of amides is 1. The average molecular weight is 244 g/mol. The molecule has 1 amide bonds. The second kappa shape index (κ2) is 4.69. The number of fused-ring (bicyclic) bond motifs is 1. The summed E-state index contributed by atoms with van der Waals surface area (Å²) >= 11 is 0. The van der Waals surface area contributed by atoms with Crippen molar-refractivity contribution >= 4 is 5.91 Å². The summed E-state index contributed by atoms with van der Waals surface area (Å²) in [7, 11) is 0. The molecule has 18 heavy (non-hydrogen) atoms. The molecule has 1 heterocycles. The minimum Gasteiger partial charge on any atom is -0.480 e. The van der Waals surface area contributed by atoms with Crippen molar-refractivity contribution in [3.8, 4) is 11.8 Å². The summed E-state index contributed by atoms with van der Waals surface area (Å²) in [6.45, 7) is 3.91. The quantitative estimate of drug-likeness (QED) is 0.879. The minimum absolute atomic E-state index is 0.158. The van der Waals surface area contributed by atoms with Crippen LogP contribution in [0.1, 0.15) is 19.4 Å². The van der Waals surface area contributed by atoms with Gasteiger partial charge in [-0.15, -0.1) is 0 Å². The van der Waals surface area contributed by atoms with E-state index in [-0.39, 0.29) is 5.91 Å². The standard InChI is InChI=1S/C14H16N2O2/c1-14(2,8-15)9-16-13(17)12-7-10-5-3-4-6-11(10)18-12/h3-6,12H,7,9H2,1-2H3,(H,16,17). The predicted octanol–water partition coefficient (Wildman–Crippen LogP) is 1.66. The highest BCUT2D eigenvalue weighted by Gasteiger charge is 2.29. The molecule has 0 aromatic heterocycles. The van der Waals surface area contributed by atoms with Crippen LogP contribution in [0.25, 0.3) is 0 Å². The number of benzene rings is 1. The number of nitriles is 1. The van der Waals surface area contributed by atoms with Crippen LogP contribution in [0.15, 0.2) is 24.3 Å². The highest BCUT2D eigenvalue weighted by Crippen LogP contribution is 2.28. The van der Waals surface area contributed by atoms with E-state index in [2.05, 4.69) is 11.4 Å². The first-order valence-corrected chi connectivity index (χ1v) is 5.95. The first-order valence-electron chi connectivity index (χ1n) is 5.95. The van der Waals surface area contributed by atoms with Crippen LogP contribution in [0.3, 0.4) is 0 Å². The molecule has 0 bridgehead atoms. The fourth-order valence-corrected chi connectivity index (χ4v) is 1.79. The largest absolute Gasteiger partial charge is 0.480 e. The third-order valence-corrected chi connectivity index (χ3v) is 2.95. The normalized spacial score (nSPS) is 17.5. The maximum Gasteiger partial charge on any atom is 0.261 e. The second-order valence-electron chi connectivity index (χ2n) is 5.13. The third-order valence-electron chi connectivity index (χ3n) is 2.95. The van der Waals surface area contributed by atoms with Gasteiger partial charge in [0.2, 0.25) is 0 Å². The minimum atomic E-state index is -0.554. The molecule has 0 fully saturated rings. The van der Waals surface area contributed by atoms with Gasteiger partial charge in [0.1, 0.15) is 5.75 Å². The van der Waals surface area contributed by atoms with Gasteiger partial charge in [0.05, 0.1) is 11.5 Å². The molecule has 1 atom stereocenters. The summed E-state index contributed by atoms with van der Waals surface area (Å²) < 4.78 is 5.57. The third kappa shape index (κ3) is 2.62. The van der Waals surface area contributed by atoms with Gasteiger partial charge in [-0.2, -0.15) is 5.26 Å². The van der Waals surface area contributed by atoms with Crippen molar-refractivity contribution in [1.82, 2.24) is 5.32 Å². The first kappa shape index (κ1) is 12.4. The van der Waals surface area contributed by atoms with Gasteiger partial charge in [0, 0.05) is 13.0 Å². The lowest BCUT2D eigenvalue weighted by molar-refractivity contribution is -0.127. The highest BCUT2D eigenvalue weighted by molar-refractivity contribution is 5.82. The summed E-state index contributed by atoms with van der Waals surface area (Å²) in [5.41, 5.74) is 0.499. The summed E-state index contributed by atoms with van der Waals surface area (Å²) in [4.78, 5) is 11.9. The number of carbonyl (C=O) groups is 1. The Labute approximate surface area is 107 Å². The lowest BCUT2D eigenvalue weighted by Gasteiger charge is -2.17. The number of hydrogen-bond acceptors (Lipinski definition) is 3. The molecule has 4 heteroatoms. The summed E-state index contributed by atoms with van der Waals surface area (Å²) in [5.74, 6) is 0.617. The zero-order chi connectivity index (χ0) is 13.2. The Morgan fingerprint density at radius 1 is 1.56 bits per heavy atom. The van der Waals surface area contributed by atoms with Gasteiger partial charge in [0.15, 0.2) is 6.10 Å². The zero-order valence-electron chi connectivity index (χ0n) is 10.6. The average Bonchev–Trinajstić information content (AvgIpc) is 2.80. The zero-order valence-corrected chi connectivity index (χ0v) is 10.6. The van der Waals surface area contributed by atoms with Crippen LogP contribution in [-0.2, 0) is 11.2 Å². The number of hydrogen-bond donors (Lipinski definition) is 1. The maximum atomic E-state index is 11.9. The van der Waals surface area contributed by atoms with E-state index >= 15 is 0 Å². The van der Waals surface area contributed by atoms with Crippen molar-refractivity contribution in [1.29, 1.82) is 5.26 Å². The highest BCUT2D eigenvalue weighted by atomic mass is 16.5. The topological polar surface area (TPSA) is 62.1 Å². The molecule has 1 aliphatic rings. The monoisotopic (exact) mass is 244 g/mol. The Morgan fingerprint density at radius 2 is 2.28 bits per heavy atom. The van der Waals surface area contributed by atoms with Gasteiger partial charge in [-0.05, 0) is 25.5 Å². The molecule has 94 valence electrons. The molecular weight excluding hydrogens is 228 g/mol. The fourth-order valence-electron chi connectivity index (χ4n) is 1.79. The maximum absolute atomic E-state index is 11.9. The molecule has 0 aliphatic carbocycles. The number of para-hydroxylation sites is 1. The lowest BCUT2D eigenvalue weighted by atomic mass is 9.96. The summed E-state index contributed by atoms with van der Waals surface area (Å²) in [5, 5.41) is 11.6. The van der Waals surface area contributed by atoms with Crippen LogP contribution >= 0.6 is 0 Å². The van der Waals surface area contributed by atoms with E-state index < -0.39 is 11.5 Å². The molecule has 0 spiro atoms. The van der Waals surface area contributed by atoms with Gasteiger partial charge in [-0.3, -0.25) is 4.79 Å². The van der Waals surface area contributed by atoms with Crippen molar-refractivity contribution in [2.45, 2.75) is 26.4 Å². The first-order chi connectivity index (χ1) is 8.52. The molecule has 0 saturated carbocycles. The van der Waals surface area contributed by atoms with Crippen LogP contribution in [0.5, 0.6) is 5.75 Å². The van der Waals surface area contributed by atoms with Crippen LogP contribution in [0, 0.1) is 16.7 Å². The van der Waals surface area contributed by atoms with Crippen molar-refractivity contribution in [3.63, 3.8) is 0 Å². The van der Waals surface area contributed by atoms with Crippen LogP contribution in [-0.4, -0.2) is 18.6 Å². The van der Waals surface area contributed by atoms with E-state index in [1.165, 1.54) is 0 Å². The van der Waals surface area contributed by atoms with E-state index in [0.29, 0.717) is 13.0 Å². The number of rotatable bonds is 3.